The third-order valence-corrected chi connectivity index (χ3v) is 6.73. The van der Waals surface area contributed by atoms with E-state index in [2.05, 4.69) is 6.58 Å². The summed E-state index contributed by atoms with van der Waals surface area (Å²) in [6.07, 6.45) is 3.76. The molecule has 1 atom stereocenters. The summed E-state index contributed by atoms with van der Waals surface area (Å²) in [6.45, 7) is 7.26. The van der Waals surface area contributed by atoms with E-state index in [1.807, 2.05) is 6.07 Å². The van der Waals surface area contributed by atoms with Gasteiger partial charge in [0.25, 0.3) is 11.1 Å². The Bertz CT molecular complexity index is 1230. The van der Waals surface area contributed by atoms with E-state index < -0.39 is 23.2 Å². The van der Waals surface area contributed by atoms with Crippen LogP contribution in [0.4, 0.5) is 4.79 Å². The molecule has 7 nitrogen and oxygen atoms in total. The van der Waals surface area contributed by atoms with Gasteiger partial charge in [0.2, 0.25) is 0 Å². The van der Waals surface area contributed by atoms with Crippen LogP contribution >= 0.6 is 35.0 Å². The van der Waals surface area contributed by atoms with Gasteiger partial charge in [0, 0.05) is 21.2 Å². The molecule has 2 amide bonds. The van der Waals surface area contributed by atoms with Crippen molar-refractivity contribution in [3.63, 3.8) is 0 Å². The molecular formula is C26H25Cl2NO6S. The van der Waals surface area contributed by atoms with Gasteiger partial charge in [0.1, 0.15) is 12.6 Å². The van der Waals surface area contributed by atoms with Crippen LogP contribution < -0.4 is 9.47 Å². The summed E-state index contributed by atoms with van der Waals surface area (Å²) < 4.78 is 16.6. The molecule has 1 aliphatic rings. The lowest BCUT2D eigenvalue weighted by Crippen LogP contribution is -2.42. The zero-order valence-corrected chi connectivity index (χ0v) is 22.3. The Morgan fingerprint density at radius 3 is 2.58 bits per heavy atom. The first-order chi connectivity index (χ1) is 17.2. The molecule has 0 unspecified atom stereocenters. The number of carbonyl (C=O) groups is 3. The predicted octanol–water partition coefficient (Wildman–Crippen LogP) is 6.30. The van der Waals surface area contributed by atoms with E-state index in [9.17, 15) is 14.4 Å². The summed E-state index contributed by atoms with van der Waals surface area (Å²) in [5.41, 5.74) is 2.14. The Kier molecular flexibility index (Phi) is 9.48. The van der Waals surface area contributed by atoms with Crippen LogP contribution in [-0.4, -0.2) is 41.8 Å². The van der Waals surface area contributed by atoms with Gasteiger partial charge in [-0.25, -0.2) is 4.79 Å². The smallest absolute Gasteiger partial charge is 0.329 e. The first kappa shape index (κ1) is 27.6. The number of ether oxygens (including phenoxy) is 3. The van der Waals surface area contributed by atoms with Gasteiger partial charge in [0.05, 0.1) is 18.6 Å². The van der Waals surface area contributed by atoms with E-state index in [0.717, 1.165) is 27.8 Å². The van der Waals surface area contributed by atoms with Crippen LogP contribution in [0, 0.1) is 0 Å². The lowest BCUT2D eigenvalue weighted by molar-refractivity contribution is -0.150. The Balaban J connectivity index is 1.91. The lowest BCUT2D eigenvalue weighted by atomic mass is 10.0. The standard InChI is InChI=1S/C26H25Cl2NO6S/c1-5-7-17-10-16(12-22-24(30)29(26(32)36-22)15(3)25(31)34-6-2)11-21(33-4)23(17)35-14-18-8-9-19(27)13-20(18)28/h5,8-13,15H,1,6-7,14H2,2-4H3/b22-12+/t15-/m0/s1. The van der Waals surface area contributed by atoms with Crippen LogP contribution in [0.15, 0.2) is 47.9 Å². The number of rotatable bonds is 10. The van der Waals surface area contributed by atoms with Gasteiger partial charge < -0.3 is 14.2 Å². The molecule has 10 heteroatoms. The molecule has 0 radical (unpaired) electrons. The SMILES string of the molecule is C=CCc1cc(/C=C2/SC(=O)N([C@@H](C)C(=O)OCC)C2=O)cc(OC)c1OCc1ccc(Cl)cc1Cl. The third kappa shape index (κ3) is 6.24. The molecule has 0 spiro atoms. The summed E-state index contributed by atoms with van der Waals surface area (Å²) in [4.78, 5) is 38.6. The van der Waals surface area contributed by atoms with Crippen molar-refractivity contribution < 1.29 is 28.6 Å². The average Bonchev–Trinajstić information content (AvgIpc) is 3.11. The second-order valence-electron chi connectivity index (χ2n) is 7.71. The van der Waals surface area contributed by atoms with Crippen molar-refractivity contribution >= 4 is 58.2 Å². The van der Waals surface area contributed by atoms with Crippen molar-refractivity contribution in [2.45, 2.75) is 32.9 Å². The number of amides is 2. The van der Waals surface area contributed by atoms with Crippen molar-refractivity contribution in [3.05, 3.63) is 74.6 Å². The molecule has 0 saturated carbocycles. The highest BCUT2D eigenvalue weighted by Gasteiger charge is 2.41. The number of carbonyl (C=O) groups excluding carboxylic acids is 3. The zero-order chi connectivity index (χ0) is 26.4. The summed E-state index contributed by atoms with van der Waals surface area (Å²) in [7, 11) is 1.51. The molecule has 1 aliphatic heterocycles. The van der Waals surface area contributed by atoms with Crippen molar-refractivity contribution in [2.24, 2.45) is 0 Å². The van der Waals surface area contributed by atoms with Crippen molar-refractivity contribution in [2.75, 3.05) is 13.7 Å². The van der Waals surface area contributed by atoms with Gasteiger partial charge in [-0.1, -0.05) is 35.3 Å². The Labute approximate surface area is 224 Å². The number of allylic oxidation sites excluding steroid dienone is 1. The molecule has 0 aliphatic carbocycles. The van der Waals surface area contributed by atoms with Crippen LogP contribution in [0.2, 0.25) is 10.0 Å². The Hall–Kier alpha value is -2.94. The second-order valence-corrected chi connectivity index (χ2v) is 9.55. The monoisotopic (exact) mass is 549 g/mol. The molecule has 0 aromatic heterocycles. The van der Waals surface area contributed by atoms with Crippen LogP contribution in [0.25, 0.3) is 6.08 Å². The lowest BCUT2D eigenvalue weighted by Gasteiger charge is -2.19. The first-order valence-corrected chi connectivity index (χ1v) is 12.6. The van der Waals surface area contributed by atoms with Gasteiger partial charge in [-0.3, -0.25) is 14.5 Å². The minimum Gasteiger partial charge on any atom is -0.493 e. The van der Waals surface area contributed by atoms with Crippen molar-refractivity contribution in [3.8, 4) is 11.5 Å². The average molecular weight is 550 g/mol. The normalized spacial score (nSPS) is 15.2. The Morgan fingerprint density at radius 2 is 1.94 bits per heavy atom. The number of hydrogen-bond donors (Lipinski definition) is 0. The molecule has 0 bridgehead atoms. The van der Waals surface area contributed by atoms with Crippen LogP contribution in [0.5, 0.6) is 11.5 Å². The fourth-order valence-corrected chi connectivity index (χ4v) is 4.88. The van der Waals surface area contributed by atoms with Crippen molar-refractivity contribution in [1.29, 1.82) is 0 Å². The quantitative estimate of drug-likeness (QED) is 0.195. The summed E-state index contributed by atoms with van der Waals surface area (Å²) in [5.74, 6) is -0.264. The number of imide groups is 1. The van der Waals surface area contributed by atoms with E-state index in [4.69, 9.17) is 37.4 Å². The number of nitrogens with zero attached hydrogens (tertiary/aromatic N) is 1. The molecule has 36 heavy (non-hydrogen) atoms. The molecular weight excluding hydrogens is 525 g/mol. The van der Waals surface area contributed by atoms with Gasteiger partial charge in [-0.15, -0.1) is 6.58 Å². The number of benzene rings is 2. The largest absolute Gasteiger partial charge is 0.493 e. The number of thioether (sulfide) groups is 1. The first-order valence-electron chi connectivity index (χ1n) is 11.0. The number of esters is 1. The highest BCUT2D eigenvalue weighted by atomic mass is 35.5. The maximum atomic E-state index is 12.9. The molecule has 3 rings (SSSR count). The number of halogens is 2. The minimum absolute atomic E-state index is 0.153. The fraction of sp³-hybridized carbons (Fsp3) is 0.269. The van der Waals surface area contributed by atoms with Crippen molar-refractivity contribution in [1.82, 2.24) is 4.90 Å². The topological polar surface area (TPSA) is 82.1 Å². The molecule has 190 valence electrons. The maximum Gasteiger partial charge on any atom is 0.329 e. The fourth-order valence-electron chi connectivity index (χ4n) is 3.51. The van der Waals surface area contributed by atoms with Gasteiger partial charge in [-0.2, -0.15) is 0 Å². The highest BCUT2D eigenvalue weighted by molar-refractivity contribution is 8.18. The van der Waals surface area contributed by atoms with E-state index >= 15 is 0 Å². The molecule has 2 aromatic carbocycles. The van der Waals surface area contributed by atoms with E-state index in [-0.39, 0.29) is 18.1 Å². The predicted molar refractivity (Wildman–Crippen MR) is 142 cm³/mol. The van der Waals surface area contributed by atoms with Gasteiger partial charge in [0.15, 0.2) is 11.5 Å². The summed E-state index contributed by atoms with van der Waals surface area (Å²) in [5, 5.41) is 0.472. The van der Waals surface area contributed by atoms with E-state index in [1.165, 1.54) is 14.0 Å². The van der Waals surface area contributed by atoms with E-state index in [1.54, 1.807) is 43.3 Å². The minimum atomic E-state index is -1.02. The molecule has 1 heterocycles. The summed E-state index contributed by atoms with van der Waals surface area (Å²) in [6, 6.07) is 7.66. The third-order valence-electron chi connectivity index (χ3n) is 5.26. The van der Waals surface area contributed by atoms with Crippen LogP contribution in [0.3, 0.4) is 0 Å². The molecule has 1 fully saturated rings. The molecule has 0 N–H and O–H groups in total. The Morgan fingerprint density at radius 1 is 1.19 bits per heavy atom. The molecule has 2 aromatic rings. The number of methoxy groups -OCH3 is 1. The van der Waals surface area contributed by atoms with Crippen LogP contribution in [-0.2, 0) is 27.4 Å². The maximum absolute atomic E-state index is 12.9. The van der Waals surface area contributed by atoms with Gasteiger partial charge in [-0.05, 0) is 67.9 Å². The second kappa shape index (κ2) is 12.3. The summed E-state index contributed by atoms with van der Waals surface area (Å²) >= 11 is 13.0. The van der Waals surface area contributed by atoms with Crippen LogP contribution in [0.1, 0.15) is 30.5 Å². The number of hydrogen-bond acceptors (Lipinski definition) is 7. The zero-order valence-electron chi connectivity index (χ0n) is 20.0. The highest BCUT2D eigenvalue weighted by Crippen LogP contribution is 2.38. The van der Waals surface area contributed by atoms with E-state index in [0.29, 0.717) is 33.5 Å². The van der Waals surface area contributed by atoms with Gasteiger partial charge >= 0.3 is 5.97 Å². The molecule has 1 saturated heterocycles.